The quantitative estimate of drug-likeness (QED) is 0.388. The van der Waals surface area contributed by atoms with Crippen LogP contribution in [-0.4, -0.2) is 21.6 Å². The molecule has 1 nitrogen and oxygen atoms in total. The van der Waals surface area contributed by atoms with Crippen LogP contribution in [0, 0.1) is 0 Å². The molecular formula is C24H31OPSi. The first-order valence-corrected chi connectivity index (χ1v) is 15.4. The van der Waals surface area contributed by atoms with Crippen molar-refractivity contribution in [3.8, 4) is 0 Å². The second kappa shape index (κ2) is 8.52. The van der Waals surface area contributed by atoms with Gasteiger partial charge in [-0.3, -0.25) is 0 Å². The van der Waals surface area contributed by atoms with Crippen LogP contribution < -0.4 is 15.9 Å². The number of hydrogen-bond donors (Lipinski definition) is 0. The predicted molar refractivity (Wildman–Crippen MR) is 125 cm³/mol. The van der Waals surface area contributed by atoms with Gasteiger partial charge in [-0.2, -0.15) is 0 Å². The molecule has 0 saturated carbocycles. The van der Waals surface area contributed by atoms with Crippen molar-refractivity contribution in [1.82, 2.24) is 0 Å². The van der Waals surface area contributed by atoms with Gasteiger partial charge < -0.3 is 0 Å². The summed E-state index contributed by atoms with van der Waals surface area (Å²) in [4.78, 5) is 0. The van der Waals surface area contributed by atoms with E-state index in [9.17, 15) is 0 Å². The maximum atomic E-state index is 7.08. The fourth-order valence-electron chi connectivity index (χ4n) is 4.14. The zero-order chi connectivity index (χ0) is 19.2. The molecule has 3 rings (SSSR count). The first kappa shape index (κ1) is 20.0. The van der Waals surface area contributed by atoms with Crippen molar-refractivity contribution in [2.75, 3.05) is 12.8 Å². The zero-order valence-electron chi connectivity index (χ0n) is 16.7. The van der Waals surface area contributed by atoms with Crippen LogP contribution in [0.25, 0.3) is 0 Å². The van der Waals surface area contributed by atoms with Gasteiger partial charge >= 0.3 is 166 Å². The van der Waals surface area contributed by atoms with Crippen LogP contribution in [0.1, 0.15) is 6.92 Å². The molecule has 27 heavy (non-hydrogen) atoms. The molecular weight excluding hydrogens is 363 g/mol. The van der Waals surface area contributed by atoms with E-state index in [4.69, 9.17) is 4.52 Å². The first-order valence-electron chi connectivity index (χ1n) is 9.96. The topological polar surface area (TPSA) is 9.23 Å². The third-order valence-electron chi connectivity index (χ3n) is 5.45. The SMILES string of the molecule is CCOP(CC[SiH](C)C)(c1ccccc1)(c1ccccc1)c1ccccc1. The fraction of sp³-hybridized carbons (Fsp3) is 0.250. The van der Waals surface area contributed by atoms with Crippen molar-refractivity contribution in [1.29, 1.82) is 0 Å². The normalized spacial score (nSPS) is 13.3. The minimum absolute atomic E-state index is 0.705. The first-order chi connectivity index (χ1) is 13.1. The molecule has 0 aliphatic rings. The van der Waals surface area contributed by atoms with E-state index in [-0.39, 0.29) is 0 Å². The molecule has 0 amide bonds. The molecule has 0 unspecified atom stereocenters. The van der Waals surface area contributed by atoms with E-state index in [0.29, 0.717) is 6.61 Å². The maximum absolute atomic E-state index is 7.08. The monoisotopic (exact) mass is 394 g/mol. The van der Waals surface area contributed by atoms with E-state index in [1.54, 1.807) is 0 Å². The van der Waals surface area contributed by atoms with E-state index in [1.165, 1.54) is 22.0 Å². The predicted octanol–water partition coefficient (Wildman–Crippen LogP) is 4.95. The van der Waals surface area contributed by atoms with Gasteiger partial charge in [0.2, 0.25) is 0 Å². The molecule has 0 heterocycles. The van der Waals surface area contributed by atoms with Crippen molar-refractivity contribution >= 4 is 31.5 Å². The second-order valence-corrected chi connectivity index (χ2v) is 15.6. The molecule has 142 valence electrons. The van der Waals surface area contributed by atoms with Crippen LogP contribution in [0.5, 0.6) is 0 Å². The van der Waals surface area contributed by atoms with Crippen LogP contribution in [0.15, 0.2) is 91.0 Å². The second-order valence-electron chi connectivity index (χ2n) is 7.54. The van der Waals surface area contributed by atoms with Crippen molar-refractivity contribution in [2.45, 2.75) is 26.1 Å². The Morgan fingerprint density at radius 2 is 1.04 bits per heavy atom. The Hall–Kier alpha value is -1.73. The van der Waals surface area contributed by atoms with Gasteiger partial charge in [0.25, 0.3) is 0 Å². The molecule has 0 saturated heterocycles. The molecule has 0 spiro atoms. The van der Waals surface area contributed by atoms with Crippen LogP contribution in [0.3, 0.4) is 0 Å². The van der Waals surface area contributed by atoms with Gasteiger partial charge in [-0.15, -0.1) is 0 Å². The molecule has 0 fully saturated rings. The van der Waals surface area contributed by atoms with Crippen LogP contribution in [0.2, 0.25) is 19.1 Å². The molecule has 0 aliphatic heterocycles. The Labute approximate surface area is 166 Å². The summed E-state index contributed by atoms with van der Waals surface area (Å²) in [5.74, 6) is 0. The third-order valence-corrected chi connectivity index (χ3v) is 13.5. The summed E-state index contributed by atoms with van der Waals surface area (Å²) in [6.45, 7) is 4.72. The van der Waals surface area contributed by atoms with Crippen LogP contribution in [-0.2, 0) is 4.52 Å². The molecule has 0 N–H and O–H groups in total. The average Bonchev–Trinajstić information content (AvgIpc) is 2.73. The van der Waals surface area contributed by atoms with Gasteiger partial charge in [-0.25, -0.2) is 0 Å². The van der Waals surface area contributed by atoms with Crippen molar-refractivity contribution in [3.63, 3.8) is 0 Å². The van der Waals surface area contributed by atoms with Gasteiger partial charge in [0.05, 0.1) is 0 Å². The number of hydrogen-bond acceptors (Lipinski definition) is 1. The summed E-state index contributed by atoms with van der Waals surface area (Å²) in [5.41, 5.74) is 0. The standard InChI is InChI=1S/C24H31OPSi/c1-4-25-26(20-21-27(2)3,22-14-8-5-9-15-22,23-16-10-6-11-17-23)24-18-12-7-13-19-24/h5-19,27H,4,20-21H2,1-3H3. The fourth-order valence-corrected chi connectivity index (χ4v) is 13.4. The Morgan fingerprint density at radius 3 is 1.33 bits per heavy atom. The molecule has 3 aromatic rings. The summed E-state index contributed by atoms with van der Waals surface area (Å²) in [6, 6.07) is 34.3. The molecule has 0 atom stereocenters. The van der Waals surface area contributed by atoms with E-state index < -0.39 is 15.6 Å². The van der Waals surface area contributed by atoms with E-state index in [0.717, 1.165) is 6.16 Å². The Morgan fingerprint density at radius 1 is 0.667 bits per heavy atom. The summed E-state index contributed by atoms with van der Waals surface area (Å²) in [7, 11) is -0.757. The number of rotatable bonds is 8. The Kier molecular flexibility index (Phi) is 6.32. The summed E-state index contributed by atoms with van der Waals surface area (Å²) in [5, 5.41) is 4.03. The molecule has 0 bridgehead atoms. The molecule has 0 aliphatic carbocycles. The van der Waals surface area contributed by atoms with Crippen molar-refractivity contribution in [2.24, 2.45) is 0 Å². The van der Waals surface area contributed by atoms with Gasteiger partial charge in [-0.05, 0) is 0 Å². The van der Waals surface area contributed by atoms with E-state index in [2.05, 4.69) is 111 Å². The molecule has 3 heteroatoms. The molecule has 3 aromatic carbocycles. The summed E-state index contributed by atoms with van der Waals surface area (Å²) in [6.07, 6.45) is 1.08. The van der Waals surface area contributed by atoms with Gasteiger partial charge in [0, 0.05) is 0 Å². The molecule has 0 radical (unpaired) electrons. The van der Waals surface area contributed by atoms with Gasteiger partial charge in [0.15, 0.2) is 0 Å². The van der Waals surface area contributed by atoms with Crippen LogP contribution >= 0.6 is 6.83 Å². The summed E-state index contributed by atoms with van der Waals surface area (Å²) < 4.78 is 7.08. The Bertz CT molecular complexity index is 735. The summed E-state index contributed by atoms with van der Waals surface area (Å²) >= 11 is 0. The van der Waals surface area contributed by atoms with Gasteiger partial charge in [0.1, 0.15) is 0 Å². The van der Waals surface area contributed by atoms with E-state index in [1.807, 2.05) is 0 Å². The molecule has 0 aromatic heterocycles. The van der Waals surface area contributed by atoms with E-state index >= 15 is 0 Å². The zero-order valence-corrected chi connectivity index (χ0v) is 18.8. The average molecular weight is 395 g/mol. The van der Waals surface area contributed by atoms with Crippen molar-refractivity contribution in [3.05, 3.63) is 91.0 Å². The van der Waals surface area contributed by atoms with Crippen LogP contribution in [0.4, 0.5) is 0 Å². The Balaban J connectivity index is 2.44. The number of benzene rings is 3. The third kappa shape index (κ3) is 3.54. The minimum atomic E-state index is -3.02. The van der Waals surface area contributed by atoms with Crippen molar-refractivity contribution < 1.29 is 4.52 Å². The van der Waals surface area contributed by atoms with Gasteiger partial charge in [-0.1, -0.05) is 0 Å².